The molecule has 0 aliphatic heterocycles. The minimum atomic E-state index is 0.585. The van der Waals surface area contributed by atoms with Crippen molar-refractivity contribution in [3.63, 3.8) is 0 Å². The maximum Gasteiger partial charge on any atom is 0.248 e. The number of hydrogen-bond donors (Lipinski definition) is 0. The lowest BCUT2D eigenvalue weighted by Gasteiger charge is -2.28. The molecule has 0 radical (unpaired) electrons. The molecule has 27 heavy (non-hydrogen) atoms. The average Bonchev–Trinajstić information content (AvgIpc) is 3.19. The van der Waals surface area contributed by atoms with Crippen molar-refractivity contribution in [2.24, 2.45) is 5.92 Å². The van der Waals surface area contributed by atoms with Crippen molar-refractivity contribution < 1.29 is 4.42 Å². The van der Waals surface area contributed by atoms with Crippen LogP contribution in [0.15, 0.2) is 52.9 Å². The van der Waals surface area contributed by atoms with Crippen molar-refractivity contribution in [2.45, 2.75) is 58.3 Å². The van der Waals surface area contributed by atoms with Crippen molar-refractivity contribution in [1.29, 1.82) is 0 Å². The maximum absolute atomic E-state index is 5.94. The molecule has 1 aliphatic rings. The van der Waals surface area contributed by atoms with Crippen LogP contribution in [-0.4, -0.2) is 10.2 Å². The zero-order valence-electron chi connectivity index (χ0n) is 16.3. The first-order valence-electron chi connectivity index (χ1n) is 10.2. The van der Waals surface area contributed by atoms with Crippen LogP contribution >= 0.6 is 0 Å². The summed E-state index contributed by atoms with van der Waals surface area (Å²) in [5, 5.41) is 8.50. The smallest absolute Gasteiger partial charge is 0.248 e. The second kappa shape index (κ2) is 8.08. The monoisotopic (exact) mass is 360 g/mol. The molecule has 0 saturated heterocycles. The van der Waals surface area contributed by atoms with E-state index in [1.165, 1.54) is 44.1 Å². The number of hydrogen-bond acceptors (Lipinski definition) is 3. The van der Waals surface area contributed by atoms with E-state index in [4.69, 9.17) is 4.42 Å². The van der Waals surface area contributed by atoms with E-state index < -0.39 is 0 Å². The van der Waals surface area contributed by atoms with Crippen LogP contribution in [0.4, 0.5) is 0 Å². The van der Waals surface area contributed by atoms with Gasteiger partial charge in [-0.25, -0.2) is 0 Å². The van der Waals surface area contributed by atoms with E-state index in [2.05, 4.69) is 54.4 Å². The molecule has 0 N–H and O–H groups in total. The predicted octanol–water partition coefficient (Wildman–Crippen LogP) is 6.79. The Bertz CT molecular complexity index is 873. The summed E-state index contributed by atoms with van der Waals surface area (Å²) in [4.78, 5) is 0. The molecule has 4 rings (SSSR count). The van der Waals surface area contributed by atoms with E-state index >= 15 is 0 Å². The molecular formula is C24H28N2O. The second-order valence-electron chi connectivity index (χ2n) is 7.86. The Kier molecular flexibility index (Phi) is 5.38. The zero-order chi connectivity index (χ0) is 18.6. The summed E-state index contributed by atoms with van der Waals surface area (Å²) in [6.07, 6.45) is 8.11. The maximum atomic E-state index is 5.94. The highest BCUT2D eigenvalue weighted by Gasteiger charge is 2.22. The van der Waals surface area contributed by atoms with Crippen LogP contribution < -0.4 is 0 Å². The summed E-state index contributed by atoms with van der Waals surface area (Å²) in [6.45, 7) is 4.36. The minimum Gasteiger partial charge on any atom is -0.416 e. The lowest BCUT2D eigenvalue weighted by molar-refractivity contribution is 0.308. The van der Waals surface area contributed by atoms with Crippen LogP contribution in [0.1, 0.15) is 62.5 Å². The standard InChI is InChI=1S/C24H28N2O/c1-3-6-18-9-11-19(12-10-18)20-13-15-21(16-14-20)23-25-26-24(27-23)22-8-5-4-7-17(22)2/h4-5,7-8,13-16,18-19H,3,6,9-12H2,1-2H3. The van der Waals surface area contributed by atoms with Crippen LogP contribution in [0.25, 0.3) is 22.9 Å². The SMILES string of the molecule is CCCC1CCC(c2ccc(-c3nnc(-c4ccccc4C)o3)cc2)CC1. The average molecular weight is 361 g/mol. The summed E-state index contributed by atoms with van der Waals surface area (Å²) >= 11 is 0. The van der Waals surface area contributed by atoms with Crippen molar-refractivity contribution in [3.05, 3.63) is 59.7 Å². The first-order chi connectivity index (χ1) is 13.2. The van der Waals surface area contributed by atoms with Gasteiger partial charge in [-0.05, 0) is 73.8 Å². The second-order valence-corrected chi connectivity index (χ2v) is 7.86. The van der Waals surface area contributed by atoms with E-state index in [1.807, 2.05) is 18.2 Å². The van der Waals surface area contributed by atoms with Crippen molar-refractivity contribution in [2.75, 3.05) is 0 Å². The number of aryl methyl sites for hydroxylation is 1. The van der Waals surface area contributed by atoms with Crippen molar-refractivity contribution in [3.8, 4) is 22.9 Å². The van der Waals surface area contributed by atoms with Crippen molar-refractivity contribution >= 4 is 0 Å². The molecule has 140 valence electrons. The first-order valence-corrected chi connectivity index (χ1v) is 10.2. The molecule has 1 aliphatic carbocycles. The van der Waals surface area contributed by atoms with Crippen molar-refractivity contribution in [1.82, 2.24) is 10.2 Å². The highest BCUT2D eigenvalue weighted by Crippen LogP contribution is 2.38. The topological polar surface area (TPSA) is 38.9 Å². The molecule has 2 aromatic carbocycles. The molecule has 1 saturated carbocycles. The fourth-order valence-electron chi connectivity index (χ4n) is 4.35. The third-order valence-electron chi connectivity index (χ3n) is 5.97. The van der Waals surface area contributed by atoms with Gasteiger partial charge < -0.3 is 4.42 Å². The van der Waals surface area contributed by atoms with Crippen LogP contribution in [-0.2, 0) is 0 Å². The normalized spacial score (nSPS) is 19.9. The predicted molar refractivity (Wildman–Crippen MR) is 110 cm³/mol. The third kappa shape index (κ3) is 3.97. The van der Waals surface area contributed by atoms with Gasteiger partial charge in [-0.15, -0.1) is 10.2 Å². The molecule has 3 aromatic rings. The Morgan fingerprint density at radius 1 is 0.889 bits per heavy atom. The number of rotatable bonds is 5. The summed E-state index contributed by atoms with van der Waals surface area (Å²) in [7, 11) is 0. The molecule has 0 amide bonds. The lowest BCUT2D eigenvalue weighted by atomic mass is 9.77. The van der Waals surface area contributed by atoms with Gasteiger partial charge in [0, 0.05) is 11.1 Å². The lowest BCUT2D eigenvalue weighted by Crippen LogP contribution is -2.13. The van der Waals surface area contributed by atoms with Gasteiger partial charge in [-0.1, -0.05) is 50.1 Å². The Morgan fingerprint density at radius 3 is 2.30 bits per heavy atom. The van der Waals surface area contributed by atoms with E-state index in [1.54, 1.807) is 0 Å². The molecule has 3 nitrogen and oxygen atoms in total. The number of aromatic nitrogens is 2. The Labute approximate surface area is 161 Å². The molecule has 0 bridgehead atoms. The highest BCUT2D eigenvalue weighted by molar-refractivity contribution is 5.60. The zero-order valence-corrected chi connectivity index (χ0v) is 16.3. The van der Waals surface area contributed by atoms with Crippen LogP contribution in [0.3, 0.4) is 0 Å². The van der Waals surface area contributed by atoms with Gasteiger partial charge in [0.25, 0.3) is 0 Å². The van der Waals surface area contributed by atoms with E-state index in [-0.39, 0.29) is 0 Å². The molecule has 1 heterocycles. The fourth-order valence-corrected chi connectivity index (χ4v) is 4.35. The molecule has 0 atom stereocenters. The summed E-state index contributed by atoms with van der Waals surface area (Å²) in [5.41, 5.74) is 4.58. The van der Waals surface area contributed by atoms with Gasteiger partial charge >= 0.3 is 0 Å². The van der Waals surface area contributed by atoms with Crippen LogP contribution in [0.2, 0.25) is 0 Å². The molecular weight excluding hydrogens is 332 g/mol. The Balaban J connectivity index is 1.46. The Morgan fingerprint density at radius 2 is 1.59 bits per heavy atom. The molecule has 3 heteroatoms. The quantitative estimate of drug-likeness (QED) is 0.503. The summed E-state index contributed by atoms with van der Waals surface area (Å²) < 4.78 is 5.94. The largest absolute Gasteiger partial charge is 0.416 e. The summed E-state index contributed by atoms with van der Waals surface area (Å²) in [5.74, 6) is 2.83. The fraction of sp³-hybridized carbons (Fsp3) is 0.417. The van der Waals surface area contributed by atoms with Gasteiger partial charge in [0.1, 0.15) is 0 Å². The Hall–Kier alpha value is -2.42. The molecule has 0 spiro atoms. The minimum absolute atomic E-state index is 0.585. The van der Waals surface area contributed by atoms with E-state index in [9.17, 15) is 0 Å². The van der Waals surface area contributed by atoms with Gasteiger partial charge in [-0.2, -0.15) is 0 Å². The molecule has 1 fully saturated rings. The number of benzene rings is 2. The van der Waals surface area contributed by atoms with Crippen LogP contribution in [0.5, 0.6) is 0 Å². The number of nitrogens with zero attached hydrogens (tertiary/aromatic N) is 2. The highest BCUT2D eigenvalue weighted by atomic mass is 16.4. The van der Waals surface area contributed by atoms with Crippen LogP contribution in [0, 0.1) is 12.8 Å². The van der Waals surface area contributed by atoms with Gasteiger partial charge in [0.05, 0.1) is 0 Å². The van der Waals surface area contributed by atoms with E-state index in [0.29, 0.717) is 17.7 Å². The third-order valence-corrected chi connectivity index (χ3v) is 5.97. The van der Waals surface area contributed by atoms with Gasteiger partial charge in [0.2, 0.25) is 11.8 Å². The molecule has 1 aromatic heterocycles. The van der Waals surface area contributed by atoms with Gasteiger partial charge in [-0.3, -0.25) is 0 Å². The van der Waals surface area contributed by atoms with E-state index in [0.717, 1.165) is 22.6 Å². The van der Waals surface area contributed by atoms with Gasteiger partial charge in [0.15, 0.2) is 0 Å². The molecule has 0 unspecified atom stereocenters. The first kappa shape index (κ1) is 18.0. The summed E-state index contributed by atoms with van der Waals surface area (Å²) in [6, 6.07) is 16.8.